The first-order chi connectivity index (χ1) is 7.84. The number of thioether (sulfide) groups is 1. The zero-order valence-electron chi connectivity index (χ0n) is 10.5. The van der Waals surface area contributed by atoms with Gasteiger partial charge in [0.2, 0.25) is 0 Å². The Labute approximate surface area is 104 Å². The molecule has 4 heteroatoms. The Morgan fingerprint density at radius 2 is 2.31 bits per heavy atom. The lowest BCUT2D eigenvalue weighted by atomic mass is 10.3. The highest BCUT2D eigenvalue weighted by Gasteiger charge is 2.23. The van der Waals surface area contributed by atoms with E-state index in [-0.39, 0.29) is 0 Å². The third-order valence-electron chi connectivity index (χ3n) is 2.76. The lowest BCUT2D eigenvalue weighted by Crippen LogP contribution is -2.22. The van der Waals surface area contributed by atoms with E-state index in [0.717, 1.165) is 39.3 Å². The van der Waals surface area contributed by atoms with E-state index in [1.165, 1.54) is 12.2 Å². The minimum absolute atomic E-state index is 0.447. The van der Waals surface area contributed by atoms with Crippen molar-refractivity contribution in [3.8, 4) is 0 Å². The van der Waals surface area contributed by atoms with Gasteiger partial charge in [-0.1, -0.05) is 0 Å². The van der Waals surface area contributed by atoms with E-state index < -0.39 is 0 Å². The molecule has 1 fully saturated rings. The van der Waals surface area contributed by atoms with Crippen molar-refractivity contribution in [2.24, 2.45) is 0 Å². The minimum atomic E-state index is 0.447. The van der Waals surface area contributed by atoms with Gasteiger partial charge in [-0.25, -0.2) is 0 Å². The Hall–Kier alpha value is 0.230. The first-order valence-corrected chi connectivity index (χ1v) is 7.41. The topological polar surface area (TPSA) is 30.5 Å². The van der Waals surface area contributed by atoms with Crippen LogP contribution in [0, 0.1) is 0 Å². The quantitative estimate of drug-likeness (QED) is 0.631. The molecule has 0 radical (unpaired) electrons. The molecular weight excluding hydrogens is 222 g/mol. The maximum Gasteiger partial charge on any atom is 0.0666 e. The number of nitrogens with one attached hydrogen (secondary N) is 1. The fraction of sp³-hybridized carbons (Fsp3) is 1.00. The van der Waals surface area contributed by atoms with Crippen LogP contribution in [0.1, 0.15) is 26.7 Å². The van der Waals surface area contributed by atoms with Crippen LogP contribution < -0.4 is 5.32 Å². The van der Waals surface area contributed by atoms with Crippen molar-refractivity contribution in [2.45, 2.75) is 38.0 Å². The number of ether oxygens (including phenoxy) is 2. The molecule has 0 aliphatic carbocycles. The molecule has 0 aromatic heterocycles. The summed E-state index contributed by atoms with van der Waals surface area (Å²) in [6, 6.07) is 0. The third-order valence-corrected chi connectivity index (χ3v) is 4.25. The molecule has 0 amide bonds. The molecule has 0 aromatic carbocycles. The Morgan fingerprint density at radius 1 is 1.44 bits per heavy atom. The second-order valence-electron chi connectivity index (χ2n) is 4.07. The number of hydrogen-bond acceptors (Lipinski definition) is 4. The van der Waals surface area contributed by atoms with E-state index in [2.05, 4.69) is 12.2 Å². The lowest BCUT2D eigenvalue weighted by Gasteiger charge is -2.13. The van der Waals surface area contributed by atoms with Crippen LogP contribution in [0.25, 0.3) is 0 Å². The largest absolute Gasteiger partial charge is 0.382 e. The van der Waals surface area contributed by atoms with Crippen molar-refractivity contribution in [1.82, 2.24) is 5.32 Å². The van der Waals surface area contributed by atoms with Gasteiger partial charge in [0, 0.05) is 37.4 Å². The van der Waals surface area contributed by atoms with Gasteiger partial charge >= 0.3 is 0 Å². The monoisotopic (exact) mass is 247 g/mol. The van der Waals surface area contributed by atoms with Crippen LogP contribution in [0.2, 0.25) is 0 Å². The third kappa shape index (κ3) is 6.09. The van der Waals surface area contributed by atoms with Gasteiger partial charge in [0.05, 0.1) is 6.10 Å². The average molecular weight is 247 g/mol. The molecule has 1 saturated heterocycles. The molecule has 96 valence electrons. The maximum absolute atomic E-state index is 5.53. The first kappa shape index (κ1) is 14.3. The Bertz CT molecular complexity index is 169. The van der Waals surface area contributed by atoms with Gasteiger partial charge in [0.1, 0.15) is 0 Å². The predicted molar refractivity (Wildman–Crippen MR) is 70.3 cm³/mol. The van der Waals surface area contributed by atoms with Crippen LogP contribution in [0.3, 0.4) is 0 Å². The molecule has 1 rings (SSSR count). The van der Waals surface area contributed by atoms with E-state index >= 15 is 0 Å². The van der Waals surface area contributed by atoms with Crippen LogP contribution >= 0.6 is 11.8 Å². The van der Waals surface area contributed by atoms with E-state index in [4.69, 9.17) is 9.47 Å². The van der Waals surface area contributed by atoms with Crippen LogP contribution in [0.5, 0.6) is 0 Å². The SMILES string of the molecule is CCOCCCNCCSC1CCOC1C. The fourth-order valence-corrected chi connectivity index (χ4v) is 2.96. The summed E-state index contributed by atoms with van der Waals surface area (Å²) < 4.78 is 10.8. The smallest absolute Gasteiger partial charge is 0.0666 e. The molecule has 1 aliphatic heterocycles. The standard InChI is InChI=1S/C12H25NO2S/c1-3-14-8-4-6-13-7-10-16-12-5-9-15-11(12)2/h11-13H,3-10H2,1-2H3. The van der Waals surface area contributed by atoms with E-state index in [0.29, 0.717) is 11.4 Å². The summed E-state index contributed by atoms with van der Waals surface area (Å²) in [5.74, 6) is 1.19. The summed E-state index contributed by atoms with van der Waals surface area (Å²) in [6.45, 7) is 9.03. The molecule has 0 spiro atoms. The summed E-state index contributed by atoms with van der Waals surface area (Å²) >= 11 is 2.04. The molecule has 3 nitrogen and oxygen atoms in total. The fourth-order valence-electron chi connectivity index (χ4n) is 1.78. The van der Waals surface area contributed by atoms with Crippen LogP contribution in [0.4, 0.5) is 0 Å². The molecule has 2 atom stereocenters. The first-order valence-electron chi connectivity index (χ1n) is 6.36. The average Bonchev–Trinajstić information content (AvgIpc) is 2.68. The highest BCUT2D eigenvalue weighted by atomic mass is 32.2. The van der Waals surface area contributed by atoms with Crippen molar-refractivity contribution < 1.29 is 9.47 Å². The van der Waals surface area contributed by atoms with E-state index in [9.17, 15) is 0 Å². The molecular formula is C12H25NO2S. The van der Waals surface area contributed by atoms with Crippen molar-refractivity contribution in [3.05, 3.63) is 0 Å². The minimum Gasteiger partial charge on any atom is -0.382 e. The van der Waals surface area contributed by atoms with E-state index in [1.807, 2.05) is 18.7 Å². The van der Waals surface area contributed by atoms with Gasteiger partial charge in [-0.15, -0.1) is 0 Å². The van der Waals surface area contributed by atoms with Crippen molar-refractivity contribution >= 4 is 11.8 Å². The van der Waals surface area contributed by atoms with Gasteiger partial charge in [-0.05, 0) is 33.2 Å². The van der Waals surface area contributed by atoms with Crippen molar-refractivity contribution in [1.29, 1.82) is 0 Å². The summed E-state index contributed by atoms with van der Waals surface area (Å²) in [5, 5.41) is 4.15. The van der Waals surface area contributed by atoms with Gasteiger partial charge in [-0.2, -0.15) is 11.8 Å². The highest BCUT2D eigenvalue weighted by Crippen LogP contribution is 2.25. The predicted octanol–water partition coefficient (Wildman–Crippen LogP) is 1.91. The second kappa shape index (κ2) is 9.28. The van der Waals surface area contributed by atoms with Gasteiger partial charge < -0.3 is 14.8 Å². The Balaban J connectivity index is 1.81. The second-order valence-corrected chi connectivity index (χ2v) is 5.42. The van der Waals surface area contributed by atoms with Crippen molar-refractivity contribution in [2.75, 3.05) is 38.7 Å². The molecule has 1 heterocycles. The Morgan fingerprint density at radius 3 is 3.00 bits per heavy atom. The van der Waals surface area contributed by atoms with Crippen LogP contribution in [-0.4, -0.2) is 50.0 Å². The molecule has 0 aromatic rings. The highest BCUT2D eigenvalue weighted by molar-refractivity contribution is 8.00. The summed E-state index contributed by atoms with van der Waals surface area (Å²) in [7, 11) is 0. The van der Waals surface area contributed by atoms with Gasteiger partial charge in [-0.3, -0.25) is 0 Å². The molecule has 0 saturated carbocycles. The molecule has 1 N–H and O–H groups in total. The molecule has 2 unspecified atom stereocenters. The summed E-state index contributed by atoms with van der Waals surface area (Å²) in [6.07, 6.45) is 2.78. The van der Waals surface area contributed by atoms with Gasteiger partial charge in [0.15, 0.2) is 0 Å². The zero-order valence-corrected chi connectivity index (χ0v) is 11.4. The zero-order chi connectivity index (χ0) is 11.6. The molecule has 1 aliphatic rings. The normalized spacial score (nSPS) is 25.1. The van der Waals surface area contributed by atoms with Crippen molar-refractivity contribution in [3.63, 3.8) is 0 Å². The molecule has 16 heavy (non-hydrogen) atoms. The van der Waals surface area contributed by atoms with Crippen LogP contribution in [-0.2, 0) is 9.47 Å². The maximum atomic E-state index is 5.53. The summed E-state index contributed by atoms with van der Waals surface area (Å²) in [4.78, 5) is 0. The summed E-state index contributed by atoms with van der Waals surface area (Å²) in [5.41, 5.74) is 0. The molecule has 0 bridgehead atoms. The lowest BCUT2D eigenvalue weighted by molar-refractivity contribution is 0.127. The van der Waals surface area contributed by atoms with Gasteiger partial charge in [0.25, 0.3) is 0 Å². The van der Waals surface area contributed by atoms with E-state index in [1.54, 1.807) is 0 Å². The van der Waals surface area contributed by atoms with Crippen LogP contribution in [0.15, 0.2) is 0 Å². The Kier molecular flexibility index (Phi) is 8.29. The number of hydrogen-bond donors (Lipinski definition) is 1. The number of rotatable bonds is 9.